The first kappa shape index (κ1) is 11.2. The lowest BCUT2D eigenvalue weighted by Gasteiger charge is -2.20. The predicted molar refractivity (Wildman–Crippen MR) is 50.8 cm³/mol. The summed E-state index contributed by atoms with van der Waals surface area (Å²) in [6.07, 6.45) is 1.62. The van der Waals surface area contributed by atoms with Crippen LogP contribution in [0.25, 0.3) is 0 Å². The number of hydrogen-bond acceptors (Lipinski definition) is 3. The Morgan fingerprint density at radius 3 is 2.79 bits per heavy atom. The van der Waals surface area contributed by atoms with Crippen molar-refractivity contribution in [2.45, 2.75) is 32.2 Å². The first-order chi connectivity index (χ1) is 6.46. The molecule has 0 saturated carbocycles. The molecule has 1 N–H and O–H groups in total. The van der Waals surface area contributed by atoms with Crippen molar-refractivity contribution in [3.05, 3.63) is 12.7 Å². The van der Waals surface area contributed by atoms with Gasteiger partial charge in [-0.05, 0) is 20.3 Å². The fourth-order valence-corrected chi connectivity index (χ4v) is 1.50. The zero-order valence-corrected chi connectivity index (χ0v) is 8.53. The topological polar surface area (TPSA) is 55.8 Å². The number of carbonyl (C=O) groups is 1. The summed E-state index contributed by atoms with van der Waals surface area (Å²) in [5.41, 5.74) is 0. The molecule has 0 amide bonds. The van der Waals surface area contributed by atoms with E-state index in [0.29, 0.717) is 13.0 Å². The average molecular weight is 200 g/mol. The molecule has 4 heteroatoms. The summed E-state index contributed by atoms with van der Waals surface area (Å²) in [5, 5.41) is 8.95. The van der Waals surface area contributed by atoms with E-state index in [-0.39, 0.29) is 6.10 Å². The molecule has 80 valence electrons. The Morgan fingerprint density at radius 1 is 1.79 bits per heavy atom. The van der Waals surface area contributed by atoms with Gasteiger partial charge in [0.1, 0.15) is 0 Å². The maximum absolute atomic E-state index is 10.9. The van der Waals surface area contributed by atoms with E-state index < -0.39 is 17.7 Å². The van der Waals surface area contributed by atoms with Crippen molar-refractivity contribution in [1.29, 1.82) is 0 Å². The molecular formula is C10H16O4. The molecule has 0 aliphatic carbocycles. The number of ether oxygens (including phenoxy) is 2. The van der Waals surface area contributed by atoms with Crippen molar-refractivity contribution < 1.29 is 19.4 Å². The van der Waals surface area contributed by atoms with Crippen LogP contribution in [0.3, 0.4) is 0 Å². The van der Waals surface area contributed by atoms with Crippen LogP contribution in [-0.4, -0.2) is 29.6 Å². The van der Waals surface area contributed by atoms with Crippen LogP contribution in [0, 0.1) is 5.92 Å². The Bertz CT molecular complexity index is 234. The van der Waals surface area contributed by atoms with Gasteiger partial charge in [0, 0.05) is 0 Å². The molecule has 1 heterocycles. The van der Waals surface area contributed by atoms with Crippen molar-refractivity contribution in [3.8, 4) is 0 Å². The first-order valence-corrected chi connectivity index (χ1v) is 4.62. The minimum Gasteiger partial charge on any atom is -0.481 e. The highest BCUT2D eigenvalue weighted by molar-refractivity contribution is 5.71. The van der Waals surface area contributed by atoms with E-state index in [1.807, 2.05) is 0 Å². The lowest BCUT2D eigenvalue weighted by atomic mass is 9.99. The van der Waals surface area contributed by atoms with Gasteiger partial charge in [-0.15, -0.1) is 6.58 Å². The van der Waals surface area contributed by atoms with Gasteiger partial charge < -0.3 is 14.6 Å². The van der Waals surface area contributed by atoms with E-state index in [1.54, 1.807) is 19.9 Å². The van der Waals surface area contributed by atoms with Gasteiger partial charge in [-0.25, -0.2) is 0 Å². The standard InChI is InChI=1S/C10H16O4/c1-4-5-7(9(11)12)8-6-13-10(2,3)14-8/h4,7-8H,1,5-6H2,2-3H3,(H,11,12)/t7-,8-/m1/s1. The Morgan fingerprint density at radius 2 is 2.43 bits per heavy atom. The van der Waals surface area contributed by atoms with Crippen LogP contribution in [0.1, 0.15) is 20.3 Å². The van der Waals surface area contributed by atoms with Gasteiger partial charge in [0.25, 0.3) is 0 Å². The molecule has 4 nitrogen and oxygen atoms in total. The molecule has 0 aromatic heterocycles. The second-order valence-corrected chi connectivity index (χ2v) is 3.84. The van der Waals surface area contributed by atoms with E-state index in [2.05, 4.69) is 6.58 Å². The zero-order chi connectivity index (χ0) is 10.8. The Labute approximate surface area is 83.5 Å². The van der Waals surface area contributed by atoms with Crippen molar-refractivity contribution in [2.75, 3.05) is 6.61 Å². The predicted octanol–water partition coefficient (Wildman–Crippen LogP) is 1.41. The quantitative estimate of drug-likeness (QED) is 0.697. The lowest BCUT2D eigenvalue weighted by Crippen LogP contribution is -2.31. The first-order valence-electron chi connectivity index (χ1n) is 4.62. The number of rotatable bonds is 4. The number of allylic oxidation sites excluding steroid dienone is 1. The number of aliphatic carboxylic acids is 1. The Balaban J connectivity index is 2.62. The monoisotopic (exact) mass is 200 g/mol. The Hall–Kier alpha value is -0.870. The van der Waals surface area contributed by atoms with E-state index >= 15 is 0 Å². The summed E-state index contributed by atoms with van der Waals surface area (Å²) >= 11 is 0. The fourth-order valence-electron chi connectivity index (χ4n) is 1.50. The minimum absolute atomic E-state index is 0.331. The molecule has 1 rings (SSSR count). The number of carboxylic acid groups (broad SMARTS) is 1. The van der Waals surface area contributed by atoms with Gasteiger partial charge in [0.15, 0.2) is 5.79 Å². The molecule has 1 saturated heterocycles. The lowest BCUT2D eigenvalue weighted by molar-refractivity contribution is -0.158. The summed E-state index contributed by atoms with van der Waals surface area (Å²) in [7, 11) is 0. The number of carboxylic acids is 1. The van der Waals surface area contributed by atoms with Gasteiger partial charge in [-0.3, -0.25) is 4.79 Å². The van der Waals surface area contributed by atoms with Crippen molar-refractivity contribution in [2.24, 2.45) is 5.92 Å². The molecule has 0 aromatic carbocycles. The molecule has 1 aliphatic heterocycles. The summed E-state index contributed by atoms with van der Waals surface area (Å²) in [6, 6.07) is 0. The third-order valence-electron chi connectivity index (χ3n) is 2.22. The van der Waals surface area contributed by atoms with Crippen molar-refractivity contribution >= 4 is 5.97 Å². The summed E-state index contributed by atoms with van der Waals surface area (Å²) in [6.45, 7) is 7.42. The zero-order valence-electron chi connectivity index (χ0n) is 8.53. The Kier molecular flexibility index (Phi) is 3.29. The molecule has 0 unspecified atom stereocenters. The largest absolute Gasteiger partial charge is 0.481 e. The van der Waals surface area contributed by atoms with Gasteiger partial charge in [-0.1, -0.05) is 6.08 Å². The van der Waals surface area contributed by atoms with Crippen LogP contribution in [0.4, 0.5) is 0 Å². The highest BCUT2D eigenvalue weighted by Gasteiger charge is 2.39. The second-order valence-electron chi connectivity index (χ2n) is 3.84. The molecular weight excluding hydrogens is 184 g/mol. The van der Waals surface area contributed by atoms with Gasteiger partial charge in [0.2, 0.25) is 0 Å². The van der Waals surface area contributed by atoms with E-state index in [1.165, 1.54) is 0 Å². The maximum atomic E-state index is 10.9. The maximum Gasteiger partial charge on any atom is 0.309 e. The van der Waals surface area contributed by atoms with E-state index in [9.17, 15) is 4.79 Å². The van der Waals surface area contributed by atoms with Crippen LogP contribution in [-0.2, 0) is 14.3 Å². The van der Waals surface area contributed by atoms with Crippen LogP contribution in [0.15, 0.2) is 12.7 Å². The average Bonchev–Trinajstić information content (AvgIpc) is 2.41. The third kappa shape index (κ3) is 2.56. The van der Waals surface area contributed by atoms with E-state index in [0.717, 1.165) is 0 Å². The van der Waals surface area contributed by atoms with Crippen molar-refractivity contribution in [3.63, 3.8) is 0 Å². The van der Waals surface area contributed by atoms with Crippen molar-refractivity contribution in [1.82, 2.24) is 0 Å². The fraction of sp³-hybridized carbons (Fsp3) is 0.700. The molecule has 14 heavy (non-hydrogen) atoms. The van der Waals surface area contributed by atoms with Gasteiger partial charge >= 0.3 is 5.97 Å². The van der Waals surface area contributed by atoms with Crippen LogP contribution >= 0.6 is 0 Å². The minimum atomic E-state index is -0.865. The van der Waals surface area contributed by atoms with Crippen LogP contribution < -0.4 is 0 Å². The number of hydrogen-bond donors (Lipinski definition) is 1. The molecule has 0 bridgehead atoms. The molecule has 0 aromatic rings. The van der Waals surface area contributed by atoms with Crippen LogP contribution in [0.5, 0.6) is 0 Å². The highest BCUT2D eigenvalue weighted by Crippen LogP contribution is 2.28. The van der Waals surface area contributed by atoms with Gasteiger partial charge in [-0.2, -0.15) is 0 Å². The highest BCUT2D eigenvalue weighted by atomic mass is 16.7. The normalized spacial score (nSPS) is 27.1. The summed E-state index contributed by atoms with van der Waals surface area (Å²) in [4.78, 5) is 10.9. The smallest absolute Gasteiger partial charge is 0.309 e. The summed E-state index contributed by atoms with van der Waals surface area (Å²) in [5.74, 6) is -2.09. The molecule has 1 aliphatic rings. The molecule has 0 spiro atoms. The second kappa shape index (κ2) is 4.11. The van der Waals surface area contributed by atoms with Crippen LogP contribution in [0.2, 0.25) is 0 Å². The molecule has 1 fully saturated rings. The van der Waals surface area contributed by atoms with Gasteiger partial charge in [0.05, 0.1) is 18.6 Å². The molecule has 2 atom stereocenters. The molecule has 0 radical (unpaired) electrons. The SMILES string of the molecule is C=CC[C@@H](C(=O)O)[C@H]1COC(C)(C)O1. The van der Waals surface area contributed by atoms with E-state index in [4.69, 9.17) is 14.6 Å². The third-order valence-corrected chi connectivity index (χ3v) is 2.22. The summed E-state index contributed by atoms with van der Waals surface area (Å²) < 4.78 is 10.8.